The van der Waals surface area contributed by atoms with Gasteiger partial charge in [-0.15, -0.1) is 0 Å². The Labute approximate surface area is 164 Å². The van der Waals surface area contributed by atoms with Crippen molar-refractivity contribution in [3.8, 4) is 0 Å². The number of benzene rings is 2. The van der Waals surface area contributed by atoms with Crippen LogP contribution in [0.25, 0.3) is 0 Å². The van der Waals surface area contributed by atoms with Crippen LogP contribution < -0.4 is 9.62 Å². The van der Waals surface area contributed by atoms with E-state index in [4.69, 9.17) is 0 Å². The van der Waals surface area contributed by atoms with Crippen LogP contribution in [0.2, 0.25) is 0 Å². The Bertz CT molecular complexity index is 1000. The summed E-state index contributed by atoms with van der Waals surface area (Å²) in [6.45, 7) is 5.29. The minimum atomic E-state index is -3.82. The van der Waals surface area contributed by atoms with Gasteiger partial charge in [0.1, 0.15) is 6.54 Å². The molecule has 2 aromatic rings. The van der Waals surface area contributed by atoms with Crippen LogP contribution in [0, 0.1) is 24.0 Å². The number of nitrogens with zero attached hydrogens (tertiary/aromatic N) is 2. The molecule has 150 valence electrons. The zero-order valence-corrected chi connectivity index (χ0v) is 17.0. The van der Waals surface area contributed by atoms with Crippen molar-refractivity contribution in [2.75, 3.05) is 17.1 Å². The molecule has 1 atom stereocenters. The fourth-order valence-corrected chi connectivity index (χ4v) is 3.54. The number of hydrogen-bond acceptors (Lipinski definition) is 5. The molecule has 1 N–H and O–H groups in total. The van der Waals surface area contributed by atoms with Gasteiger partial charge >= 0.3 is 0 Å². The van der Waals surface area contributed by atoms with Crippen LogP contribution >= 0.6 is 0 Å². The number of hydrogen-bond donors (Lipinski definition) is 1. The van der Waals surface area contributed by atoms with Crippen LogP contribution in [0.4, 0.5) is 11.4 Å². The van der Waals surface area contributed by atoms with Gasteiger partial charge in [0.25, 0.3) is 5.69 Å². The predicted octanol–water partition coefficient (Wildman–Crippen LogP) is 2.86. The largest absolute Gasteiger partial charge is 0.348 e. The van der Waals surface area contributed by atoms with E-state index in [9.17, 15) is 23.3 Å². The average molecular weight is 405 g/mol. The quantitative estimate of drug-likeness (QED) is 0.563. The minimum Gasteiger partial charge on any atom is -0.348 e. The van der Waals surface area contributed by atoms with E-state index in [1.54, 1.807) is 6.92 Å². The van der Waals surface area contributed by atoms with E-state index in [1.165, 1.54) is 18.2 Å². The van der Waals surface area contributed by atoms with Gasteiger partial charge < -0.3 is 5.32 Å². The van der Waals surface area contributed by atoms with Gasteiger partial charge in [0.05, 0.1) is 22.9 Å². The molecule has 0 aliphatic heterocycles. The topological polar surface area (TPSA) is 110 Å². The molecule has 0 saturated heterocycles. The molecular formula is C19H23N3O5S. The lowest BCUT2D eigenvalue weighted by molar-refractivity contribution is -0.384. The molecule has 2 aromatic carbocycles. The predicted molar refractivity (Wildman–Crippen MR) is 108 cm³/mol. The van der Waals surface area contributed by atoms with Gasteiger partial charge in [-0.3, -0.25) is 19.2 Å². The summed E-state index contributed by atoms with van der Waals surface area (Å²) in [5.41, 5.74) is 2.93. The normalized spacial score (nSPS) is 12.3. The molecule has 0 radical (unpaired) electrons. The van der Waals surface area contributed by atoms with Crippen molar-refractivity contribution >= 4 is 27.3 Å². The second-order valence-corrected chi connectivity index (χ2v) is 8.59. The highest BCUT2D eigenvalue weighted by Crippen LogP contribution is 2.23. The Balaban J connectivity index is 2.20. The van der Waals surface area contributed by atoms with Crippen molar-refractivity contribution < 1.29 is 18.1 Å². The van der Waals surface area contributed by atoms with Crippen LogP contribution in [-0.2, 0) is 14.8 Å². The summed E-state index contributed by atoms with van der Waals surface area (Å²) in [5.74, 6) is -0.511. The SMILES string of the molecule is Cc1ccc([C@@H](C)NC(=O)CN(c2cccc([N+](=O)[O-])c2)S(C)(=O)=O)cc1C. The highest BCUT2D eigenvalue weighted by atomic mass is 32.2. The smallest absolute Gasteiger partial charge is 0.271 e. The maximum Gasteiger partial charge on any atom is 0.271 e. The molecule has 0 aromatic heterocycles. The van der Waals surface area contributed by atoms with Crippen molar-refractivity contribution in [3.63, 3.8) is 0 Å². The Hall–Kier alpha value is -2.94. The number of nitrogens with one attached hydrogen (secondary N) is 1. The number of carbonyl (C=O) groups excluding carboxylic acids is 1. The lowest BCUT2D eigenvalue weighted by Crippen LogP contribution is -2.41. The summed E-state index contributed by atoms with van der Waals surface area (Å²) in [6.07, 6.45) is 0.950. The van der Waals surface area contributed by atoms with E-state index in [-0.39, 0.29) is 17.4 Å². The fraction of sp³-hybridized carbons (Fsp3) is 0.316. The highest BCUT2D eigenvalue weighted by molar-refractivity contribution is 7.92. The number of non-ortho nitro benzene ring substituents is 1. The monoisotopic (exact) mass is 405 g/mol. The third-order valence-electron chi connectivity index (χ3n) is 4.42. The summed E-state index contributed by atoms with van der Waals surface area (Å²) in [4.78, 5) is 22.8. The van der Waals surface area contributed by atoms with E-state index in [0.29, 0.717) is 0 Å². The van der Waals surface area contributed by atoms with Gasteiger partial charge in [-0.1, -0.05) is 24.3 Å². The van der Waals surface area contributed by atoms with E-state index < -0.39 is 27.4 Å². The molecule has 0 spiro atoms. The molecule has 0 aliphatic rings. The summed E-state index contributed by atoms with van der Waals surface area (Å²) in [6, 6.07) is 10.7. The first kappa shape index (κ1) is 21.4. The number of nitro groups is 1. The zero-order valence-electron chi connectivity index (χ0n) is 16.2. The number of aryl methyl sites for hydroxylation is 2. The Kier molecular flexibility index (Phi) is 6.40. The lowest BCUT2D eigenvalue weighted by atomic mass is 10.0. The van der Waals surface area contributed by atoms with Gasteiger partial charge in [-0.2, -0.15) is 0 Å². The van der Waals surface area contributed by atoms with Crippen LogP contribution in [-0.4, -0.2) is 32.0 Å². The molecule has 0 fully saturated rings. The van der Waals surface area contributed by atoms with E-state index in [0.717, 1.165) is 33.3 Å². The Morgan fingerprint density at radius 2 is 1.86 bits per heavy atom. The maximum atomic E-state index is 12.5. The van der Waals surface area contributed by atoms with E-state index in [2.05, 4.69) is 5.32 Å². The Morgan fingerprint density at radius 3 is 2.43 bits per heavy atom. The summed E-state index contributed by atoms with van der Waals surface area (Å²) in [7, 11) is -3.82. The van der Waals surface area contributed by atoms with Crippen molar-refractivity contribution in [2.24, 2.45) is 0 Å². The van der Waals surface area contributed by atoms with Gasteiger partial charge in [0, 0.05) is 12.1 Å². The zero-order chi connectivity index (χ0) is 21.1. The average Bonchev–Trinajstić information content (AvgIpc) is 2.61. The number of carbonyl (C=O) groups is 1. The maximum absolute atomic E-state index is 12.5. The minimum absolute atomic E-state index is 0.0608. The molecule has 1 amide bonds. The van der Waals surface area contributed by atoms with Gasteiger partial charge in [-0.25, -0.2) is 8.42 Å². The first-order valence-corrected chi connectivity index (χ1v) is 10.4. The van der Waals surface area contributed by atoms with E-state index in [1.807, 2.05) is 32.0 Å². The number of nitro benzene ring substituents is 1. The molecule has 28 heavy (non-hydrogen) atoms. The van der Waals surface area contributed by atoms with Crippen molar-refractivity contribution in [2.45, 2.75) is 26.8 Å². The van der Waals surface area contributed by atoms with Crippen LogP contribution in [0.5, 0.6) is 0 Å². The first-order valence-electron chi connectivity index (χ1n) is 8.57. The lowest BCUT2D eigenvalue weighted by Gasteiger charge is -2.23. The second-order valence-electron chi connectivity index (χ2n) is 6.68. The molecule has 0 bridgehead atoms. The van der Waals surface area contributed by atoms with Crippen molar-refractivity contribution in [3.05, 3.63) is 69.3 Å². The first-order chi connectivity index (χ1) is 13.0. The number of amides is 1. The summed E-state index contributed by atoms with van der Waals surface area (Å²) < 4.78 is 25.2. The van der Waals surface area contributed by atoms with Crippen LogP contribution in [0.1, 0.15) is 29.7 Å². The van der Waals surface area contributed by atoms with Crippen molar-refractivity contribution in [1.29, 1.82) is 0 Å². The molecule has 0 aliphatic carbocycles. The molecule has 0 unspecified atom stereocenters. The highest BCUT2D eigenvalue weighted by Gasteiger charge is 2.23. The third kappa shape index (κ3) is 5.29. The standard InChI is InChI=1S/C19H23N3O5S/c1-13-8-9-16(10-14(13)2)15(3)20-19(23)12-21(28(4,26)27)17-6-5-7-18(11-17)22(24)25/h5-11,15H,12H2,1-4H3,(H,20,23)/t15-/m1/s1. The number of sulfonamides is 1. The number of anilines is 1. The molecule has 0 saturated carbocycles. The molecule has 2 rings (SSSR count). The summed E-state index contributed by atoms with van der Waals surface area (Å²) in [5, 5.41) is 13.7. The summed E-state index contributed by atoms with van der Waals surface area (Å²) >= 11 is 0. The molecule has 8 nitrogen and oxygen atoms in total. The Morgan fingerprint density at radius 1 is 1.18 bits per heavy atom. The van der Waals surface area contributed by atoms with Crippen LogP contribution in [0.3, 0.4) is 0 Å². The van der Waals surface area contributed by atoms with Gasteiger partial charge in [0.15, 0.2) is 0 Å². The van der Waals surface area contributed by atoms with E-state index >= 15 is 0 Å². The molecule has 9 heteroatoms. The van der Waals surface area contributed by atoms with Gasteiger partial charge in [-0.05, 0) is 43.5 Å². The molecule has 0 heterocycles. The van der Waals surface area contributed by atoms with Crippen molar-refractivity contribution in [1.82, 2.24) is 5.32 Å². The van der Waals surface area contributed by atoms with Gasteiger partial charge in [0.2, 0.25) is 15.9 Å². The van der Waals surface area contributed by atoms with Crippen LogP contribution in [0.15, 0.2) is 42.5 Å². The molecular weight excluding hydrogens is 382 g/mol. The number of rotatable bonds is 7. The third-order valence-corrected chi connectivity index (χ3v) is 5.57. The second kappa shape index (κ2) is 8.39. The fourth-order valence-electron chi connectivity index (χ4n) is 2.70.